The Hall–Kier alpha value is -1.36. The molecule has 88 valence electrons. The van der Waals surface area contributed by atoms with Crippen molar-refractivity contribution in [1.29, 1.82) is 0 Å². The monoisotopic (exact) mass is 246 g/mol. The Kier molecular flexibility index (Phi) is 3.38. The molecule has 0 fully saturated rings. The third-order valence-electron chi connectivity index (χ3n) is 2.01. The zero-order chi connectivity index (χ0) is 12.4. The van der Waals surface area contributed by atoms with Crippen LogP contribution in [0.5, 0.6) is 5.75 Å². The molecule has 6 nitrogen and oxygen atoms in total. The number of carboxylic acids is 1. The lowest BCUT2D eigenvalue weighted by atomic mass is 10.3. The van der Waals surface area contributed by atoms with Crippen molar-refractivity contribution in [2.45, 2.75) is 12.3 Å². The van der Waals surface area contributed by atoms with Crippen molar-refractivity contribution in [2.75, 3.05) is 0 Å². The van der Waals surface area contributed by atoms with Gasteiger partial charge in [-0.25, -0.2) is 4.79 Å². The first-order valence-electron chi connectivity index (χ1n) is 4.30. The van der Waals surface area contributed by atoms with Crippen molar-refractivity contribution < 1.29 is 29.0 Å². The first-order valence-corrected chi connectivity index (χ1v) is 5.92. The standard InChI is InChI=1S/C9H11O6P/c1-9(8(10)11,16(12,13)14)15-7-5-3-2-4-6-7/h2-6H,1H3,(H,10,11)(H2,12,13,14). The SMILES string of the molecule is CC(Oc1ccccc1)(C(=O)O)P(=O)(O)O. The molecular formula is C9H11O6P. The largest absolute Gasteiger partial charge is 0.478 e. The summed E-state index contributed by atoms with van der Waals surface area (Å²) >= 11 is 0. The van der Waals surface area contributed by atoms with Crippen LogP contribution in [0.25, 0.3) is 0 Å². The van der Waals surface area contributed by atoms with Gasteiger partial charge in [0, 0.05) is 0 Å². The molecule has 1 aromatic carbocycles. The van der Waals surface area contributed by atoms with Crippen LogP contribution in [0, 0.1) is 0 Å². The molecule has 1 aromatic rings. The van der Waals surface area contributed by atoms with E-state index in [4.69, 9.17) is 19.6 Å². The highest BCUT2D eigenvalue weighted by atomic mass is 31.2. The lowest BCUT2D eigenvalue weighted by Crippen LogP contribution is -2.41. The summed E-state index contributed by atoms with van der Waals surface area (Å²) in [5, 5.41) is 6.24. The zero-order valence-corrected chi connectivity index (χ0v) is 9.29. The molecule has 0 bridgehead atoms. The minimum absolute atomic E-state index is 0.0794. The van der Waals surface area contributed by atoms with Gasteiger partial charge in [-0.05, 0) is 19.1 Å². The summed E-state index contributed by atoms with van der Waals surface area (Å²) in [4.78, 5) is 28.8. The van der Waals surface area contributed by atoms with Crippen LogP contribution in [-0.4, -0.2) is 26.2 Å². The molecule has 0 aromatic heterocycles. The topological polar surface area (TPSA) is 104 Å². The maximum absolute atomic E-state index is 11.1. The second-order valence-corrected chi connectivity index (χ2v) is 5.19. The van der Waals surface area contributed by atoms with E-state index in [1.54, 1.807) is 18.2 Å². The molecule has 16 heavy (non-hydrogen) atoms. The molecule has 3 N–H and O–H groups in total. The third-order valence-corrected chi connectivity index (χ3v) is 3.41. The number of carboxylic acid groups (broad SMARTS) is 1. The Morgan fingerprint density at radius 2 is 1.81 bits per heavy atom. The Morgan fingerprint density at radius 1 is 1.31 bits per heavy atom. The van der Waals surface area contributed by atoms with Crippen LogP contribution in [0.3, 0.4) is 0 Å². The number of hydrogen-bond donors (Lipinski definition) is 3. The van der Waals surface area contributed by atoms with Crippen molar-refractivity contribution in [3.05, 3.63) is 30.3 Å². The van der Waals surface area contributed by atoms with Crippen LogP contribution in [-0.2, 0) is 9.36 Å². The van der Waals surface area contributed by atoms with Crippen molar-refractivity contribution in [1.82, 2.24) is 0 Å². The van der Waals surface area contributed by atoms with E-state index < -0.39 is 18.9 Å². The van der Waals surface area contributed by atoms with Gasteiger partial charge in [-0.2, -0.15) is 0 Å². The van der Waals surface area contributed by atoms with Crippen LogP contribution in [0.2, 0.25) is 0 Å². The quantitative estimate of drug-likeness (QED) is 0.686. The molecule has 1 atom stereocenters. The fourth-order valence-electron chi connectivity index (χ4n) is 0.946. The van der Waals surface area contributed by atoms with E-state index >= 15 is 0 Å². The summed E-state index contributed by atoms with van der Waals surface area (Å²) in [5.41, 5.74) is 0. The van der Waals surface area contributed by atoms with Crippen LogP contribution >= 0.6 is 7.60 Å². The van der Waals surface area contributed by atoms with Gasteiger partial charge in [0.05, 0.1) is 0 Å². The number of hydrogen-bond acceptors (Lipinski definition) is 3. The molecule has 0 saturated carbocycles. The highest BCUT2D eigenvalue weighted by Crippen LogP contribution is 2.51. The van der Waals surface area contributed by atoms with Crippen LogP contribution in [0.1, 0.15) is 6.92 Å². The van der Waals surface area contributed by atoms with E-state index in [0.29, 0.717) is 0 Å². The van der Waals surface area contributed by atoms with Crippen LogP contribution in [0.4, 0.5) is 0 Å². The predicted molar refractivity (Wildman–Crippen MR) is 55.2 cm³/mol. The summed E-state index contributed by atoms with van der Waals surface area (Å²) in [7, 11) is -4.93. The summed E-state index contributed by atoms with van der Waals surface area (Å²) in [6.07, 6.45) is 0. The lowest BCUT2D eigenvalue weighted by Gasteiger charge is -2.26. The number of ether oxygens (including phenoxy) is 1. The van der Waals surface area contributed by atoms with Gasteiger partial charge < -0.3 is 19.6 Å². The van der Waals surface area contributed by atoms with Gasteiger partial charge in [-0.1, -0.05) is 18.2 Å². The van der Waals surface area contributed by atoms with Gasteiger partial charge in [0.25, 0.3) is 0 Å². The fourth-order valence-corrected chi connectivity index (χ4v) is 1.42. The highest BCUT2D eigenvalue weighted by Gasteiger charge is 2.52. The highest BCUT2D eigenvalue weighted by molar-refractivity contribution is 7.54. The number of para-hydroxylation sites is 1. The van der Waals surface area contributed by atoms with Crippen molar-refractivity contribution in [3.8, 4) is 5.75 Å². The lowest BCUT2D eigenvalue weighted by molar-refractivity contribution is -0.148. The Labute approximate surface area is 91.6 Å². The molecule has 1 rings (SSSR count). The van der Waals surface area contributed by atoms with Crippen molar-refractivity contribution >= 4 is 13.6 Å². The Bertz CT molecular complexity index is 425. The van der Waals surface area contributed by atoms with Crippen molar-refractivity contribution in [3.63, 3.8) is 0 Å². The van der Waals surface area contributed by atoms with Gasteiger partial charge in [0.1, 0.15) is 5.75 Å². The van der Waals surface area contributed by atoms with E-state index in [2.05, 4.69) is 0 Å². The summed E-state index contributed by atoms with van der Waals surface area (Å²) < 4.78 is 16.0. The van der Waals surface area contributed by atoms with E-state index in [1.807, 2.05) is 0 Å². The van der Waals surface area contributed by atoms with E-state index in [-0.39, 0.29) is 5.75 Å². The maximum Gasteiger partial charge on any atom is 0.380 e. The third kappa shape index (κ3) is 2.41. The summed E-state index contributed by atoms with van der Waals surface area (Å²) in [5.74, 6) is -1.64. The van der Waals surface area contributed by atoms with E-state index in [0.717, 1.165) is 6.92 Å². The Balaban J connectivity index is 3.08. The van der Waals surface area contributed by atoms with Gasteiger partial charge in [-0.3, -0.25) is 4.57 Å². The first kappa shape index (κ1) is 12.7. The fraction of sp³-hybridized carbons (Fsp3) is 0.222. The summed E-state index contributed by atoms with van der Waals surface area (Å²) in [6.45, 7) is 0.836. The minimum atomic E-state index is -4.93. The molecule has 0 aliphatic carbocycles. The summed E-state index contributed by atoms with van der Waals surface area (Å²) in [6, 6.07) is 7.63. The second-order valence-electron chi connectivity index (χ2n) is 3.25. The van der Waals surface area contributed by atoms with Gasteiger partial charge in [-0.15, -0.1) is 0 Å². The van der Waals surface area contributed by atoms with Crippen molar-refractivity contribution in [2.24, 2.45) is 0 Å². The molecule has 7 heteroatoms. The second kappa shape index (κ2) is 4.25. The molecule has 0 spiro atoms. The average molecular weight is 246 g/mol. The minimum Gasteiger partial charge on any atom is -0.478 e. The smallest absolute Gasteiger partial charge is 0.380 e. The van der Waals surface area contributed by atoms with Gasteiger partial charge in [0.2, 0.25) is 0 Å². The number of carbonyl (C=O) groups is 1. The van der Waals surface area contributed by atoms with E-state index in [1.165, 1.54) is 12.1 Å². The van der Waals surface area contributed by atoms with Gasteiger partial charge in [0.15, 0.2) is 0 Å². The molecule has 0 radical (unpaired) electrons. The molecule has 0 aliphatic rings. The molecule has 0 aliphatic heterocycles. The van der Waals surface area contributed by atoms with Crippen LogP contribution in [0.15, 0.2) is 30.3 Å². The zero-order valence-electron chi connectivity index (χ0n) is 8.40. The maximum atomic E-state index is 11.1. The molecule has 0 heterocycles. The normalized spacial score (nSPS) is 15.2. The number of benzene rings is 1. The molecule has 0 saturated heterocycles. The molecule has 0 amide bonds. The first-order chi connectivity index (χ1) is 7.27. The predicted octanol–water partition coefficient (Wildman–Crippen LogP) is 1.04. The Morgan fingerprint density at radius 3 is 2.19 bits per heavy atom. The number of aliphatic carboxylic acids is 1. The van der Waals surface area contributed by atoms with Crippen LogP contribution < -0.4 is 4.74 Å². The molecule has 1 unspecified atom stereocenters. The van der Waals surface area contributed by atoms with E-state index in [9.17, 15) is 9.36 Å². The average Bonchev–Trinajstić information content (AvgIpc) is 2.17. The van der Waals surface area contributed by atoms with Gasteiger partial charge >= 0.3 is 18.9 Å². The number of rotatable bonds is 4. The molecular weight excluding hydrogens is 235 g/mol.